The van der Waals surface area contributed by atoms with Gasteiger partial charge >= 0.3 is 5.97 Å². The fourth-order valence-corrected chi connectivity index (χ4v) is 7.52. The number of fused-ring (bicyclic) bond motifs is 2. The van der Waals surface area contributed by atoms with Crippen LogP contribution in [-0.4, -0.2) is 21.7 Å². The Morgan fingerprint density at radius 3 is 2.38 bits per heavy atom. The van der Waals surface area contributed by atoms with E-state index in [-0.39, 0.29) is 12.2 Å². The van der Waals surface area contributed by atoms with Gasteiger partial charge in [0.05, 0.1) is 28.5 Å². The van der Waals surface area contributed by atoms with Gasteiger partial charge in [-0.3, -0.25) is 9.36 Å². The molecule has 240 valence electrons. The van der Waals surface area contributed by atoms with E-state index in [1.807, 2.05) is 72.8 Å². The van der Waals surface area contributed by atoms with Crippen molar-refractivity contribution in [1.29, 1.82) is 0 Å². The van der Waals surface area contributed by atoms with Gasteiger partial charge < -0.3 is 9.30 Å². The van der Waals surface area contributed by atoms with Crippen molar-refractivity contribution in [2.45, 2.75) is 39.3 Å². The summed E-state index contributed by atoms with van der Waals surface area (Å²) in [6, 6.07) is 33.7. The zero-order chi connectivity index (χ0) is 33.4. The van der Waals surface area contributed by atoms with Crippen LogP contribution in [0.2, 0.25) is 0 Å². The first kappa shape index (κ1) is 31.8. The van der Waals surface area contributed by atoms with Crippen LogP contribution in [0.3, 0.4) is 0 Å². The molecule has 1 aliphatic rings. The smallest absolute Gasteiger partial charge is 0.338 e. The molecule has 7 rings (SSSR count). The monoisotopic (exact) mass is 715 g/mol. The second kappa shape index (κ2) is 13.4. The number of ether oxygens (including phenoxy) is 1. The Morgan fingerprint density at radius 1 is 0.958 bits per heavy atom. The van der Waals surface area contributed by atoms with Gasteiger partial charge in [0.15, 0.2) is 4.80 Å². The lowest BCUT2D eigenvalue weighted by Crippen LogP contribution is -2.40. The lowest BCUT2D eigenvalue weighted by molar-refractivity contribution is -0.138. The van der Waals surface area contributed by atoms with Crippen molar-refractivity contribution < 1.29 is 9.53 Å². The summed E-state index contributed by atoms with van der Waals surface area (Å²) in [5.41, 5.74) is 6.66. The van der Waals surface area contributed by atoms with Gasteiger partial charge in [-0.25, -0.2) is 9.79 Å². The van der Waals surface area contributed by atoms with Gasteiger partial charge in [0, 0.05) is 39.2 Å². The van der Waals surface area contributed by atoms with Crippen molar-refractivity contribution in [3.05, 3.63) is 167 Å². The van der Waals surface area contributed by atoms with Crippen molar-refractivity contribution in [1.82, 2.24) is 9.13 Å². The van der Waals surface area contributed by atoms with Crippen LogP contribution in [-0.2, 0) is 16.1 Å². The lowest BCUT2D eigenvalue weighted by atomic mass is 9.91. The Labute approximate surface area is 291 Å². The minimum Gasteiger partial charge on any atom is -0.463 e. The molecule has 6 aromatic rings. The Morgan fingerprint density at radius 2 is 1.67 bits per heavy atom. The van der Waals surface area contributed by atoms with E-state index in [9.17, 15) is 9.59 Å². The minimum absolute atomic E-state index is 0.199. The first-order chi connectivity index (χ1) is 23.3. The third-order valence-electron chi connectivity index (χ3n) is 8.66. The first-order valence-electron chi connectivity index (χ1n) is 16.0. The van der Waals surface area contributed by atoms with E-state index in [4.69, 9.17) is 9.73 Å². The van der Waals surface area contributed by atoms with Crippen LogP contribution in [0.4, 0.5) is 0 Å². The summed E-state index contributed by atoms with van der Waals surface area (Å²) >= 11 is 4.87. The summed E-state index contributed by atoms with van der Waals surface area (Å²) in [7, 11) is 0. The van der Waals surface area contributed by atoms with Crippen LogP contribution in [0.5, 0.6) is 0 Å². The molecule has 0 spiro atoms. The average molecular weight is 717 g/mol. The molecular formula is C40H34BrN3O3S. The second-order valence-electron chi connectivity index (χ2n) is 12.1. The molecule has 6 nitrogen and oxygen atoms in total. The SMILES string of the molecule is CCOC(=O)C1=C(c2ccccc2)N=c2s/c(=C\c3cn(Cc4ccc(Br)cc4)c4ccccc34)c(=O)n2[C@@H]1c1ccc(C(C)C)cc1. The maximum Gasteiger partial charge on any atom is 0.338 e. The number of hydrogen-bond donors (Lipinski definition) is 0. The highest BCUT2D eigenvalue weighted by atomic mass is 79.9. The van der Waals surface area contributed by atoms with Crippen LogP contribution in [0, 0.1) is 0 Å². The predicted octanol–water partition coefficient (Wildman–Crippen LogP) is 7.82. The van der Waals surface area contributed by atoms with E-state index in [1.165, 1.54) is 22.5 Å². The number of carbonyl (C=O) groups is 1. The summed E-state index contributed by atoms with van der Waals surface area (Å²) in [6.07, 6.45) is 4.06. The number of carbonyl (C=O) groups excluding carboxylic acids is 1. The van der Waals surface area contributed by atoms with E-state index >= 15 is 0 Å². The van der Waals surface area contributed by atoms with Crippen LogP contribution in [0.15, 0.2) is 129 Å². The number of aromatic nitrogens is 2. The largest absolute Gasteiger partial charge is 0.463 e. The summed E-state index contributed by atoms with van der Waals surface area (Å²) in [5, 5.41) is 1.05. The van der Waals surface area contributed by atoms with Crippen molar-refractivity contribution in [2.24, 2.45) is 4.99 Å². The first-order valence-corrected chi connectivity index (χ1v) is 17.6. The number of para-hydroxylation sites is 1. The maximum absolute atomic E-state index is 14.5. The highest BCUT2D eigenvalue weighted by Crippen LogP contribution is 2.35. The van der Waals surface area contributed by atoms with E-state index in [1.54, 1.807) is 11.5 Å². The van der Waals surface area contributed by atoms with E-state index in [0.717, 1.165) is 32.1 Å². The number of benzene rings is 4. The molecule has 0 saturated heterocycles. The molecule has 0 amide bonds. The standard InChI is InChI=1S/C40H34BrN3O3S/c1-4-47-39(46)35-36(28-10-6-5-7-11-28)42-40-44(37(35)29-18-16-27(17-19-29)25(2)3)38(45)34(48-40)22-30-24-43(33-13-9-8-12-32(30)33)23-26-14-20-31(41)21-15-26/h5-22,24-25,37H,4,23H2,1-3H3/b34-22-/t37-/m1/s1. The van der Waals surface area contributed by atoms with Gasteiger partial charge in [0.25, 0.3) is 5.56 Å². The molecule has 0 bridgehead atoms. The van der Waals surface area contributed by atoms with Gasteiger partial charge in [-0.2, -0.15) is 0 Å². The predicted molar refractivity (Wildman–Crippen MR) is 197 cm³/mol. The van der Waals surface area contributed by atoms with E-state index < -0.39 is 12.0 Å². The molecule has 0 aliphatic carbocycles. The third-order valence-corrected chi connectivity index (χ3v) is 10.2. The highest BCUT2D eigenvalue weighted by molar-refractivity contribution is 9.10. The van der Waals surface area contributed by atoms with Crippen LogP contribution in [0.1, 0.15) is 60.5 Å². The number of rotatable bonds is 8. The van der Waals surface area contributed by atoms with E-state index in [0.29, 0.717) is 33.1 Å². The van der Waals surface area contributed by atoms with Gasteiger partial charge in [0.2, 0.25) is 0 Å². The molecule has 8 heteroatoms. The number of halogens is 1. The molecule has 0 fully saturated rings. The van der Waals surface area contributed by atoms with Crippen molar-refractivity contribution >= 4 is 55.9 Å². The number of esters is 1. The molecule has 4 aromatic carbocycles. The van der Waals surface area contributed by atoms with Crippen LogP contribution in [0.25, 0.3) is 22.7 Å². The van der Waals surface area contributed by atoms with E-state index in [2.05, 4.69) is 76.9 Å². The Kier molecular flexibility index (Phi) is 8.86. The molecule has 3 heterocycles. The number of hydrogen-bond acceptors (Lipinski definition) is 5. The van der Waals surface area contributed by atoms with Crippen LogP contribution >= 0.6 is 27.3 Å². The number of nitrogens with zero attached hydrogens (tertiary/aromatic N) is 3. The van der Waals surface area contributed by atoms with Crippen LogP contribution < -0.4 is 14.9 Å². The van der Waals surface area contributed by atoms with Crippen molar-refractivity contribution in [3.8, 4) is 0 Å². The number of thiazole rings is 1. The Bertz CT molecular complexity index is 2350. The quantitative estimate of drug-likeness (QED) is 0.151. The molecule has 0 unspecified atom stereocenters. The fourth-order valence-electron chi connectivity index (χ4n) is 6.27. The summed E-state index contributed by atoms with van der Waals surface area (Å²) in [6.45, 7) is 6.98. The Hall–Kier alpha value is -4.79. The average Bonchev–Trinajstić information content (AvgIpc) is 3.61. The fraction of sp³-hybridized carbons (Fsp3) is 0.175. The summed E-state index contributed by atoms with van der Waals surface area (Å²) in [4.78, 5) is 33.9. The minimum atomic E-state index is -0.711. The molecular weight excluding hydrogens is 682 g/mol. The molecule has 1 aliphatic heterocycles. The topological polar surface area (TPSA) is 65.6 Å². The van der Waals surface area contributed by atoms with Gasteiger partial charge in [0.1, 0.15) is 0 Å². The van der Waals surface area contributed by atoms with Crippen molar-refractivity contribution in [3.63, 3.8) is 0 Å². The van der Waals surface area contributed by atoms with Gasteiger partial charge in [-0.15, -0.1) is 0 Å². The zero-order valence-corrected chi connectivity index (χ0v) is 29.3. The molecule has 48 heavy (non-hydrogen) atoms. The summed E-state index contributed by atoms with van der Waals surface area (Å²) < 4.78 is 11.1. The Balaban J connectivity index is 1.44. The van der Waals surface area contributed by atoms with Gasteiger partial charge in [-0.05, 0) is 53.8 Å². The van der Waals surface area contributed by atoms with Crippen molar-refractivity contribution in [2.75, 3.05) is 6.61 Å². The zero-order valence-electron chi connectivity index (χ0n) is 26.9. The van der Waals surface area contributed by atoms with Gasteiger partial charge in [-0.1, -0.05) is 126 Å². The molecule has 1 atom stereocenters. The molecule has 0 N–H and O–H groups in total. The molecule has 2 aromatic heterocycles. The molecule has 0 saturated carbocycles. The highest BCUT2D eigenvalue weighted by Gasteiger charge is 2.35. The lowest BCUT2D eigenvalue weighted by Gasteiger charge is -2.26. The molecule has 0 radical (unpaired) electrons. The second-order valence-corrected chi connectivity index (χ2v) is 14.0. The summed E-state index contributed by atoms with van der Waals surface area (Å²) in [5.74, 6) is -0.143. The normalized spacial score (nSPS) is 14.8. The third kappa shape index (κ3) is 6.02. The maximum atomic E-state index is 14.5.